The van der Waals surface area contributed by atoms with Crippen LogP contribution in [-0.2, 0) is 9.47 Å². The Balaban J connectivity index is 1.10. The second-order valence-corrected chi connectivity index (χ2v) is 9.54. The van der Waals surface area contributed by atoms with Gasteiger partial charge in [-0.15, -0.1) is 0 Å². The molecule has 0 amide bonds. The molecule has 10 nitrogen and oxygen atoms in total. The van der Waals surface area contributed by atoms with Gasteiger partial charge in [-0.1, -0.05) is 0 Å². The number of morpholine rings is 2. The van der Waals surface area contributed by atoms with Gasteiger partial charge in [0.25, 0.3) is 0 Å². The van der Waals surface area contributed by atoms with E-state index in [2.05, 4.69) is 42.2 Å². The van der Waals surface area contributed by atoms with E-state index >= 15 is 0 Å². The molecule has 10 heteroatoms. The number of benzene rings is 1. The minimum atomic E-state index is 0.155. The number of hydrogen-bond acceptors (Lipinski definition) is 10. The SMILES string of the molecule is c1cc(N[C@H]2CC[C@@H](Oc3cc(N4CCOCC4)cc4nccnc34)CC2)nc(N2CCOCC2)n1. The van der Waals surface area contributed by atoms with Crippen LogP contribution >= 0.6 is 0 Å². The summed E-state index contributed by atoms with van der Waals surface area (Å²) in [6, 6.07) is 6.55. The van der Waals surface area contributed by atoms with Crippen molar-refractivity contribution >= 4 is 28.5 Å². The molecule has 1 aromatic carbocycles. The highest BCUT2D eigenvalue weighted by molar-refractivity contribution is 5.85. The summed E-state index contributed by atoms with van der Waals surface area (Å²) < 4.78 is 17.5. The average Bonchev–Trinajstić information content (AvgIpc) is 2.95. The third-order valence-corrected chi connectivity index (χ3v) is 7.16. The summed E-state index contributed by atoms with van der Waals surface area (Å²) in [5, 5.41) is 3.62. The molecule has 0 unspecified atom stereocenters. The second kappa shape index (κ2) is 10.8. The van der Waals surface area contributed by atoms with Gasteiger partial charge >= 0.3 is 0 Å². The van der Waals surface area contributed by atoms with E-state index in [9.17, 15) is 0 Å². The molecular formula is C26H33N7O3. The summed E-state index contributed by atoms with van der Waals surface area (Å²) in [6.45, 7) is 6.34. The molecule has 1 aliphatic carbocycles. The molecule has 36 heavy (non-hydrogen) atoms. The van der Waals surface area contributed by atoms with Gasteiger partial charge < -0.3 is 29.3 Å². The molecule has 4 heterocycles. The van der Waals surface area contributed by atoms with Gasteiger partial charge in [0.05, 0.1) is 38.0 Å². The smallest absolute Gasteiger partial charge is 0.227 e. The van der Waals surface area contributed by atoms with Crippen LogP contribution < -0.4 is 19.9 Å². The summed E-state index contributed by atoms with van der Waals surface area (Å²) in [5.41, 5.74) is 2.81. The fraction of sp³-hybridized carbons (Fsp3) is 0.538. The summed E-state index contributed by atoms with van der Waals surface area (Å²) in [6.07, 6.45) is 9.46. The van der Waals surface area contributed by atoms with Crippen LogP contribution in [0.15, 0.2) is 36.8 Å². The molecule has 3 fully saturated rings. The van der Waals surface area contributed by atoms with E-state index in [1.54, 1.807) is 12.4 Å². The van der Waals surface area contributed by atoms with Crippen molar-refractivity contribution in [2.75, 3.05) is 67.7 Å². The number of ether oxygens (including phenoxy) is 3. The fourth-order valence-electron chi connectivity index (χ4n) is 5.18. The van der Waals surface area contributed by atoms with Gasteiger partial charge in [-0.2, -0.15) is 4.98 Å². The minimum absolute atomic E-state index is 0.155. The van der Waals surface area contributed by atoms with Crippen LogP contribution in [0.5, 0.6) is 5.75 Å². The van der Waals surface area contributed by atoms with Crippen molar-refractivity contribution in [3.8, 4) is 5.75 Å². The third-order valence-electron chi connectivity index (χ3n) is 7.16. The number of nitrogens with one attached hydrogen (secondary N) is 1. The zero-order valence-corrected chi connectivity index (χ0v) is 20.5. The van der Waals surface area contributed by atoms with Crippen molar-refractivity contribution in [3.05, 3.63) is 36.8 Å². The van der Waals surface area contributed by atoms with Crippen molar-refractivity contribution in [2.24, 2.45) is 0 Å². The van der Waals surface area contributed by atoms with Gasteiger partial charge in [-0.25, -0.2) is 9.97 Å². The van der Waals surface area contributed by atoms with E-state index in [0.717, 1.165) is 113 Å². The van der Waals surface area contributed by atoms with E-state index in [1.807, 2.05) is 12.3 Å². The van der Waals surface area contributed by atoms with Crippen molar-refractivity contribution in [1.29, 1.82) is 0 Å². The highest BCUT2D eigenvalue weighted by atomic mass is 16.5. The molecule has 3 aliphatic rings. The topological polar surface area (TPSA) is 97.8 Å². The number of aromatic nitrogens is 4. The Morgan fingerprint density at radius 2 is 1.53 bits per heavy atom. The zero-order chi connectivity index (χ0) is 24.2. The Morgan fingerprint density at radius 1 is 0.806 bits per heavy atom. The van der Waals surface area contributed by atoms with Gasteiger partial charge in [0.1, 0.15) is 17.1 Å². The molecule has 0 spiro atoms. The number of anilines is 3. The van der Waals surface area contributed by atoms with E-state index in [0.29, 0.717) is 6.04 Å². The van der Waals surface area contributed by atoms with Gasteiger partial charge in [-0.3, -0.25) is 4.98 Å². The third kappa shape index (κ3) is 5.29. The standard InChI is InChI=1S/C26H33N7O3/c1-3-21(4-2-19(1)30-24-5-6-29-26(31-24)33-11-15-35-16-12-33)36-23-18-20(32-9-13-34-14-10-32)17-22-25(23)28-8-7-27-22/h5-8,17-19,21H,1-4,9-16H2,(H,29,30,31)/t19-,21+. The Morgan fingerprint density at radius 3 is 2.31 bits per heavy atom. The van der Waals surface area contributed by atoms with Crippen LogP contribution in [0, 0.1) is 0 Å². The first-order valence-electron chi connectivity index (χ1n) is 13.0. The van der Waals surface area contributed by atoms with Gasteiger partial charge in [-0.05, 0) is 37.8 Å². The van der Waals surface area contributed by atoms with E-state index < -0.39 is 0 Å². The molecule has 2 aliphatic heterocycles. The first kappa shape index (κ1) is 23.2. The lowest BCUT2D eigenvalue weighted by Crippen LogP contribution is -2.37. The zero-order valence-electron chi connectivity index (χ0n) is 20.5. The van der Waals surface area contributed by atoms with E-state index in [4.69, 9.17) is 19.2 Å². The maximum Gasteiger partial charge on any atom is 0.227 e. The summed E-state index contributed by atoms with van der Waals surface area (Å²) in [7, 11) is 0. The number of hydrogen-bond donors (Lipinski definition) is 1. The first-order valence-corrected chi connectivity index (χ1v) is 13.0. The number of rotatable bonds is 6. The van der Waals surface area contributed by atoms with Gasteiger partial charge in [0.2, 0.25) is 5.95 Å². The lowest BCUT2D eigenvalue weighted by atomic mass is 9.93. The maximum atomic E-state index is 6.56. The largest absolute Gasteiger partial charge is 0.488 e. The molecule has 1 N–H and O–H groups in total. The fourth-order valence-corrected chi connectivity index (χ4v) is 5.18. The maximum absolute atomic E-state index is 6.56. The van der Waals surface area contributed by atoms with Crippen LogP contribution in [-0.4, -0.2) is 84.7 Å². The van der Waals surface area contributed by atoms with Crippen LogP contribution in [0.3, 0.4) is 0 Å². The van der Waals surface area contributed by atoms with Crippen LogP contribution in [0.2, 0.25) is 0 Å². The highest BCUT2D eigenvalue weighted by Gasteiger charge is 2.25. The summed E-state index contributed by atoms with van der Waals surface area (Å²) in [5.74, 6) is 2.48. The van der Waals surface area contributed by atoms with Crippen LogP contribution in [0.4, 0.5) is 17.5 Å². The Bertz CT molecular complexity index is 1160. The van der Waals surface area contributed by atoms with Crippen molar-refractivity contribution in [3.63, 3.8) is 0 Å². The lowest BCUT2D eigenvalue weighted by molar-refractivity contribution is 0.122. The van der Waals surface area contributed by atoms with E-state index in [-0.39, 0.29) is 6.10 Å². The first-order chi connectivity index (χ1) is 17.8. The normalized spacial score (nSPS) is 23.0. The predicted octanol–water partition coefficient (Wildman–Crippen LogP) is 2.90. The number of nitrogens with zero attached hydrogens (tertiary/aromatic N) is 6. The Labute approximate surface area is 211 Å². The quantitative estimate of drug-likeness (QED) is 0.554. The van der Waals surface area contributed by atoms with Gasteiger partial charge in [0, 0.05) is 62.6 Å². The monoisotopic (exact) mass is 491 g/mol. The van der Waals surface area contributed by atoms with Crippen molar-refractivity contribution in [1.82, 2.24) is 19.9 Å². The Kier molecular flexibility index (Phi) is 6.95. The molecule has 3 aromatic rings. The second-order valence-electron chi connectivity index (χ2n) is 9.54. The van der Waals surface area contributed by atoms with Crippen molar-refractivity contribution < 1.29 is 14.2 Å². The van der Waals surface area contributed by atoms with E-state index in [1.165, 1.54) is 0 Å². The number of fused-ring (bicyclic) bond motifs is 1. The molecule has 0 atom stereocenters. The highest BCUT2D eigenvalue weighted by Crippen LogP contribution is 2.33. The minimum Gasteiger partial charge on any atom is -0.488 e. The van der Waals surface area contributed by atoms with Crippen LogP contribution in [0.25, 0.3) is 11.0 Å². The molecule has 190 valence electrons. The van der Waals surface area contributed by atoms with Crippen LogP contribution in [0.1, 0.15) is 25.7 Å². The predicted molar refractivity (Wildman–Crippen MR) is 138 cm³/mol. The molecule has 2 aromatic heterocycles. The van der Waals surface area contributed by atoms with Crippen molar-refractivity contribution in [2.45, 2.75) is 37.8 Å². The molecule has 0 bridgehead atoms. The molecule has 2 saturated heterocycles. The molecule has 1 saturated carbocycles. The summed E-state index contributed by atoms with van der Waals surface area (Å²) >= 11 is 0. The Hall–Kier alpha value is -3.24. The molecular weight excluding hydrogens is 458 g/mol. The van der Waals surface area contributed by atoms with Gasteiger partial charge in [0.15, 0.2) is 0 Å². The lowest BCUT2D eigenvalue weighted by Gasteiger charge is -2.32. The molecule has 0 radical (unpaired) electrons. The average molecular weight is 492 g/mol. The molecule has 6 rings (SSSR count). The summed E-state index contributed by atoms with van der Waals surface area (Å²) in [4.78, 5) is 22.9.